The van der Waals surface area contributed by atoms with Gasteiger partial charge in [0.25, 0.3) is 5.56 Å². The van der Waals surface area contributed by atoms with Crippen LogP contribution in [0.25, 0.3) is 11.2 Å². The van der Waals surface area contributed by atoms with Gasteiger partial charge >= 0.3 is 11.7 Å². The summed E-state index contributed by atoms with van der Waals surface area (Å²) in [4.78, 5) is 39.5. The van der Waals surface area contributed by atoms with Crippen LogP contribution in [0.2, 0.25) is 0 Å². The first kappa shape index (κ1) is 15.8. The second-order valence-electron chi connectivity index (χ2n) is 5.57. The highest BCUT2D eigenvalue weighted by atomic mass is 16.4. The molecule has 0 aliphatic carbocycles. The van der Waals surface area contributed by atoms with Crippen LogP contribution in [0.5, 0.6) is 0 Å². The Kier molecular flexibility index (Phi) is 4.07. The lowest BCUT2D eigenvalue weighted by molar-refractivity contribution is -0.134. The summed E-state index contributed by atoms with van der Waals surface area (Å²) >= 11 is 0. The molecule has 2 N–H and O–H groups in total. The van der Waals surface area contributed by atoms with Gasteiger partial charge in [0, 0.05) is 20.6 Å². The average molecular weight is 309 g/mol. The Morgan fingerprint density at radius 2 is 1.91 bits per heavy atom. The van der Waals surface area contributed by atoms with Gasteiger partial charge in [0.1, 0.15) is 6.54 Å². The molecule has 0 atom stereocenters. The van der Waals surface area contributed by atoms with Gasteiger partial charge in [-0.3, -0.25) is 18.7 Å². The number of hydrogen-bond acceptors (Lipinski definition) is 5. The third-order valence-corrected chi connectivity index (χ3v) is 3.30. The highest BCUT2D eigenvalue weighted by Crippen LogP contribution is 2.14. The summed E-state index contributed by atoms with van der Waals surface area (Å²) in [6.07, 6.45) is 0. The van der Waals surface area contributed by atoms with Crippen molar-refractivity contribution in [2.45, 2.75) is 20.4 Å². The van der Waals surface area contributed by atoms with Crippen LogP contribution in [0, 0.1) is 5.92 Å². The standard InChI is InChI=1S/C13H19N5O4/c1-7(2)6-18-10-9(11(21)17(4)13(18)22)16(3)12(15-10)14-5-8(19)20/h7H,5-6H2,1-4H3,(H,14,15)(H,19,20). The zero-order valence-corrected chi connectivity index (χ0v) is 13.0. The van der Waals surface area contributed by atoms with Crippen molar-refractivity contribution in [3.63, 3.8) is 0 Å². The van der Waals surface area contributed by atoms with E-state index in [0.717, 1.165) is 4.57 Å². The number of aromatic nitrogens is 4. The van der Waals surface area contributed by atoms with Crippen molar-refractivity contribution in [3.05, 3.63) is 20.8 Å². The number of aliphatic carboxylic acids is 1. The van der Waals surface area contributed by atoms with Crippen molar-refractivity contribution >= 4 is 23.1 Å². The van der Waals surface area contributed by atoms with Gasteiger partial charge in [0.2, 0.25) is 5.95 Å². The van der Waals surface area contributed by atoms with Crippen LogP contribution >= 0.6 is 0 Å². The Morgan fingerprint density at radius 1 is 1.27 bits per heavy atom. The molecule has 0 saturated carbocycles. The molecular weight excluding hydrogens is 290 g/mol. The highest BCUT2D eigenvalue weighted by Gasteiger charge is 2.19. The van der Waals surface area contributed by atoms with E-state index in [2.05, 4.69) is 10.3 Å². The molecule has 9 nitrogen and oxygen atoms in total. The third kappa shape index (κ3) is 2.61. The topological polar surface area (TPSA) is 111 Å². The number of imidazole rings is 1. The van der Waals surface area contributed by atoms with Crippen molar-refractivity contribution in [1.29, 1.82) is 0 Å². The van der Waals surface area contributed by atoms with Gasteiger partial charge in [-0.1, -0.05) is 13.8 Å². The second-order valence-corrected chi connectivity index (χ2v) is 5.57. The maximum Gasteiger partial charge on any atom is 0.332 e. The molecule has 0 amide bonds. The molecule has 0 aliphatic rings. The van der Waals surface area contributed by atoms with Crippen LogP contribution in [0.15, 0.2) is 9.59 Å². The molecule has 0 aromatic carbocycles. The normalized spacial score (nSPS) is 11.3. The van der Waals surface area contributed by atoms with E-state index in [4.69, 9.17) is 5.11 Å². The molecule has 120 valence electrons. The number of carboxylic acid groups (broad SMARTS) is 1. The highest BCUT2D eigenvalue weighted by molar-refractivity contribution is 5.76. The zero-order valence-electron chi connectivity index (χ0n) is 13.0. The van der Waals surface area contributed by atoms with E-state index in [1.807, 2.05) is 13.8 Å². The molecule has 0 fully saturated rings. The number of anilines is 1. The molecule has 22 heavy (non-hydrogen) atoms. The number of aryl methyl sites for hydroxylation is 1. The quantitative estimate of drug-likeness (QED) is 0.776. The summed E-state index contributed by atoms with van der Waals surface area (Å²) in [6.45, 7) is 4.00. The molecule has 0 spiro atoms. The van der Waals surface area contributed by atoms with Crippen LogP contribution in [0.1, 0.15) is 13.8 Å². The lowest BCUT2D eigenvalue weighted by Gasteiger charge is -2.10. The van der Waals surface area contributed by atoms with Crippen molar-refractivity contribution in [2.75, 3.05) is 11.9 Å². The summed E-state index contributed by atoms with van der Waals surface area (Å²) < 4.78 is 3.94. The monoisotopic (exact) mass is 309 g/mol. The first-order valence-electron chi connectivity index (χ1n) is 6.86. The van der Waals surface area contributed by atoms with E-state index in [-0.39, 0.29) is 29.6 Å². The fraction of sp³-hybridized carbons (Fsp3) is 0.538. The summed E-state index contributed by atoms with van der Waals surface area (Å²) in [7, 11) is 3.02. The van der Waals surface area contributed by atoms with Gasteiger partial charge in [-0.25, -0.2) is 4.79 Å². The molecule has 0 aliphatic heterocycles. The number of fused-ring (bicyclic) bond motifs is 1. The number of carbonyl (C=O) groups is 1. The minimum absolute atomic E-state index is 0.191. The number of nitrogens with one attached hydrogen (secondary N) is 1. The Hall–Kier alpha value is -2.58. The summed E-state index contributed by atoms with van der Waals surface area (Å²) in [6, 6.07) is 0. The number of hydrogen-bond donors (Lipinski definition) is 2. The van der Waals surface area contributed by atoms with Gasteiger partial charge in [0.05, 0.1) is 0 Å². The van der Waals surface area contributed by atoms with Crippen LogP contribution in [0.3, 0.4) is 0 Å². The predicted molar refractivity (Wildman–Crippen MR) is 81.2 cm³/mol. The van der Waals surface area contributed by atoms with Crippen molar-refractivity contribution < 1.29 is 9.90 Å². The second kappa shape index (κ2) is 5.66. The van der Waals surface area contributed by atoms with Crippen molar-refractivity contribution in [2.24, 2.45) is 20.0 Å². The van der Waals surface area contributed by atoms with Gasteiger partial charge < -0.3 is 15.0 Å². The average Bonchev–Trinajstić information content (AvgIpc) is 2.76. The van der Waals surface area contributed by atoms with E-state index in [9.17, 15) is 14.4 Å². The number of rotatable bonds is 5. The maximum atomic E-state index is 12.3. The van der Waals surface area contributed by atoms with E-state index >= 15 is 0 Å². The Labute approximate surface area is 125 Å². The Morgan fingerprint density at radius 3 is 2.45 bits per heavy atom. The predicted octanol–water partition coefficient (Wildman–Crippen LogP) is -0.414. The molecule has 0 saturated heterocycles. The van der Waals surface area contributed by atoms with Gasteiger partial charge in [0.15, 0.2) is 11.2 Å². The first-order chi connectivity index (χ1) is 10.2. The van der Waals surface area contributed by atoms with E-state index in [1.165, 1.54) is 16.2 Å². The molecule has 0 bridgehead atoms. The smallest absolute Gasteiger partial charge is 0.332 e. The van der Waals surface area contributed by atoms with Crippen molar-refractivity contribution in [3.8, 4) is 0 Å². The van der Waals surface area contributed by atoms with Gasteiger partial charge in [-0.2, -0.15) is 4.98 Å². The molecule has 9 heteroatoms. The number of nitrogens with zero attached hydrogens (tertiary/aromatic N) is 4. The van der Waals surface area contributed by atoms with E-state index in [1.54, 1.807) is 7.05 Å². The maximum absolute atomic E-state index is 12.3. The molecule has 2 aromatic heterocycles. The molecule has 0 unspecified atom stereocenters. The van der Waals surface area contributed by atoms with E-state index < -0.39 is 17.2 Å². The van der Waals surface area contributed by atoms with Crippen LogP contribution in [0.4, 0.5) is 5.95 Å². The zero-order chi connectivity index (χ0) is 16.6. The largest absolute Gasteiger partial charge is 0.480 e. The minimum Gasteiger partial charge on any atom is -0.480 e. The molecule has 0 radical (unpaired) electrons. The molecule has 2 rings (SSSR count). The van der Waals surface area contributed by atoms with Crippen LogP contribution in [-0.4, -0.2) is 36.3 Å². The minimum atomic E-state index is -1.04. The fourth-order valence-corrected chi connectivity index (χ4v) is 2.27. The first-order valence-corrected chi connectivity index (χ1v) is 6.86. The van der Waals surface area contributed by atoms with Crippen LogP contribution in [-0.2, 0) is 25.4 Å². The molecular formula is C13H19N5O4. The molecule has 2 heterocycles. The van der Waals surface area contributed by atoms with Gasteiger partial charge in [-0.15, -0.1) is 0 Å². The van der Waals surface area contributed by atoms with Gasteiger partial charge in [-0.05, 0) is 5.92 Å². The van der Waals surface area contributed by atoms with E-state index in [0.29, 0.717) is 6.54 Å². The summed E-state index contributed by atoms with van der Waals surface area (Å²) in [5.74, 6) is -0.618. The van der Waals surface area contributed by atoms with Crippen LogP contribution < -0.4 is 16.6 Å². The number of carboxylic acids is 1. The summed E-state index contributed by atoms with van der Waals surface area (Å²) in [5, 5.41) is 11.4. The third-order valence-electron chi connectivity index (χ3n) is 3.30. The lowest BCUT2D eigenvalue weighted by atomic mass is 10.2. The fourth-order valence-electron chi connectivity index (χ4n) is 2.27. The Balaban J connectivity index is 2.74. The Bertz CT molecular complexity index is 843. The summed E-state index contributed by atoms with van der Waals surface area (Å²) in [5.41, 5.74) is -0.375. The van der Waals surface area contributed by atoms with Crippen molar-refractivity contribution in [1.82, 2.24) is 18.7 Å². The molecule has 2 aromatic rings. The lowest BCUT2D eigenvalue weighted by Crippen LogP contribution is -2.39. The SMILES string of the molecule is CC(C)Cn1c(=O)n(C)c(=O)c2c1nc(NCC(=O)O)n2C.